The van der Waals surface area contributed by atoms with Gasteiger partial charge in [-0.25, -0.2) is 4.98 Å². The van der Waals surface area contributed by atoms with Crippen molar-refractivity contribution in [1.82, 2.24) is 9.88 Å². The van der Waals surface area contributed by atoms with E-state index in [0.717, 1.165) is 16.9 Å². The number of carbonyl (C=O) groups is 1. The van der Waals surface area contributed by atoms with Crippen LogP contribution in [0.5, 0.6) is 5.75 Å². The van der Waals surface area contributed by atoms with Crippen LogP contribution in [0, 0.1) is 0 Å². The Morgan fingerprint density at radius 2 is 1.84 bits per heavy atom. The van der Waals surface area contributed by atoms with E-state index in [1.54, 1.807) is 18.1 Å². The molecule has 0 spiro atoms. The number of nitrogens with zero attached hydrogens (tertiary/aromatic N) is 2. The minimum atomic E-state index is 0.0103. The highest BCUT2D eigenvalue weighted by Crippen LogP contribution is 2.15. The first-order valence-corrected chi connectivity index (χ1v) is 8.09. The summed E-state index contributed by atoms with van der Waals surface area (Å²) in [5, 5.41) is 0. The molecule has 0 saturated carbocycles. The fourth-order valence-corrected chi connectivity index (χ4v) is 2.38. The Bertz CT molecular complexity index is 784. The van der Waals surface area contributed by atoms with Gasteiger partial charge in [0.05, 0.1) is 19.2 Å². The van der Waals surface area contributed by atoms with E-state index >= 15 is 0 Å². The lowest BCUT2D eigenvalue weighted by atomic mass is 10.1. The highest BCUT2D eigenvalue weighted by atomic mass is 16.5. The predicted molar refractivity (Wildman–Crippen MR) is 93.9 cm³/mol. The number of hydrogen-bond acceptors (Lipinski definition) is 4. The summed E-state index contributed by atoms with van der Waals surface area (Å²) in [4.78, 5) is 17.9. The first-order valence-electron chi connectivity index (χ1n) is 8.09. The quantitative estimate of drug-likeness (QED) is 0.663. The molecule has 5 nitrogen and oxygen atoms in total. The minimum absolute atomic E-state index is 0.0103. The second-order valence-corrected chi connectivity index (χ2v) is 5.77. The number of hydrogen-bond donors (Lipinski definition) is 0. The van der Waals surface area contributed by atoms with Gasteiger partial charge in [-0.05, 0) is 23.3 Å². The molecule has 5 heteroatoms. The van der Waals surface area contributed by atoms with Crippen molar-refractivity contribution in [1.29, 1.82) is 0 Å². The lowest BCUT2D eigenvalue weighted by Crippen LogP contribution is -2.27. The first-order chi connectivity index (χ1) is 12.2. The number of rotatable bonds is 7. The monoisotopic (exact) mass is 336 g/mol. The van der Waals surface area contributed by atoms with Crippen LogP contribution >= 0.6 is 0 Å². The summed E-state index contributed by atoms with van der Waals surface area (Å²) in [6.45, 7) is 0.891. The molecular weight excluding hydrogens is 316 g/mol. The second-order valence-electron chi connectivity index (χ2n) is 5.77. The van der Waals surface area contributed by atoms with Crippen molar-refractivity contribution >= 4 is 5.91 Å². The van der Waals surface area contributed by atoms with Gasteiger partial charge in [-0.15, -0.1) is 0 Å². The molecule has 0 aliphatic rings. The number of ether oxygens (including phenoxy) is 1. The number of likely N-dealkylation sites (N-methyl/N-ethyl adjacent to an activating group) is 1. The summed E-state index contributed by atoms with van der Waals surface area (Å²) in [6.07, 6.45) is 3.40. The molecule has 0 aliphatic heterocycles. The Morgan fingerprint density at radius 3 is 2.52 bits per heavy atom. The van der Waals surface area contributed by atoms with Crippen LogP contribution < -0.4 is 4.74 Å². The van der Waals surface area contributed by atoms with Crippen molar-refractivity contribution in [2.45, 2.75) is 19.6 Å². The summed E-state index contributed by atoms with van der Waals surface area (Å²) >= 11 is 0. The van der Waals surface area contributed by atoms with E-state index in [2.05, 4.69) is 4.98 Å². The molecular formula is C20H20N2O3. The van der Waals surface area contributed by atoms with Gasteiger partial charge in [0, 0.05) is 7.05 Å². The highest BCUT2D eigenvalue weighted by Gasteiger charge is 2.12. The molecule has 0 fully saturated rings. The van der Waals surface area contributed by atoms with Gasteiger partial charge in [-0.1, -0.05) is 42.5 Å². The number of aromatic nitrogens is 1. The molecule has 1 amide bonds. The highest BCUT2D eigenvalue weighted by molar-refractivity contribution is 5.78. The van der Waals surface area contributed by atoms with Crippen LogP contribution in [0.25, 0.3) is 0 Å². The first kappa shape index (κ1) is 16.8. The maximum atomic E-state index is 12.3. The van der Waals surface area contributed by atoms with Crippen LogP contribution in [0.2, 0.25) is 0 Å². The molecule has 0 saturated heterocycles. The summed E-state index contributed by atoms with van der Waals surface area (Å²) in [5.41, 5.74) is 2.06. The van der Waals surface area contributed by atoms with E-state index in [9.17, 15) is 4.79 Å². The van der Waals surface area contributed by atoms with Crippen LogP contribution in [0.4, 0.5) is 0 Å². The van der Waals surface area contributed by atoms with Gasteiger partial charge >= 0.3 is 0 Å². The van der Waals surface area contributed by atoms with Gasteiger partial charge in [0.2, 0.25) is 11.8 Å². The van der Waals surface area contributed by atoms with E-state index in [-0.39, 0.29) is 5.91 Å². The molecule has 25 heavy (non-hydrogen) atoms. The Morgan fingerprint density at radius 1 is 1.08 bits per heavy atom. The van der Waals surface area contributed by atoms with Crippen LogP contribution in [0.15, 0.2) is 71.5 Å². The van der Waals surface area contributed by atoms with Crippen molar-refractivity contribution in [3.05, 3.63) is 84.1 Å². The van der Waals surface area contributed by atoms with Crippen LogP contribution in [0.1, 0.15) is 17.0 Å². The zero-order chi connectivity index (χ0) is 17.5. The molecule has 0 radical (unpaired) electrons. The van der Waals surface area contributed by atoms with Gasteiger partial charge in [0.15, 0.2) is 0 Å². The molecule has 0 aliphatic carbocycles. The fourth-order valence-electron chi connectivity index (χ4n) is 2.38. The Hall–Kier alpha value is -3.08. The van der Waals surface area contributed by atoms with E-state index in [4.69, 9.17) is 9.15 Å². The SMILES string of the molecule is CN(Cc1ncco1)C(=O)Cc1ccc(OCc2ccccc2)cc1. The van der Waals surface area contributed by atoms with Gasteiger partial charge in [0.1, 0.15) is 18.6 Å². The maximum absolute atomic E-state index is 12.3. The van der Waals surface area contributed by atoms with Crippen molar-refractivity contribution in [3.8, 4) is 5.75 Å². The van der Waals surface area contributed by atoms with Crippen LogP contribution in [-0.4, -0.2) is 22.8 Å². The predicted octanol–water partition coefficient (Wildman–Crippen LogP) is 3.45. The van der Waals surface area contributed by atoms with E-state index in [1.807, 2.05) is 54.6 Å². The second kappa shape index (κ2) is 8.15. The summed E-state index contributed by atoms with van der Waals surface area (Å²) in [5.74, 6) is 1.32. The third kappa shape index (κ3) is 4.94. The van der Waals surface area contributed by atoms with Crippen LogP contribution in [-0.2, 0) is 24.4 Å². The minimum Gasteiger partial charge on any atom is -0.489 e. The molecule has 3 rings (SSSR count). The zero-order valence-electron chi connectivity index (χ0n) is 14.1. The summed E-state index contributed by atoms with van der Waals surface area (Å²) in [6, 6.07) is 17.6. The number of carbonyl (C=O) groups excluding carboxylic acids is 1. The number of amides is 1. The van der Waals surface area contributed by atoms with Gasteiger partial charge in [-0.2, -0.15) is 0 Å². The molecule has 0 bridgehead atoms. The lowest BCUT2D eigenvalue weighted by molar-refractivity contribution is -0.130. The van der Waals surface area contributed by atoms with E-state index in [0.29, 0.717) is 25.5 Å². The summed E-state index contributed by atoms with van der Waals surface area (Å²) < 4.78 is 10.9. The molecule has 0 N–H and O–H groups in total. The maximum Gasteiger partial charge on any atom is 0.227 e. The van der Waals surface area contributed by atoms with Crippen molar-refractivity contribution < 1.29 is 13.9 Å². The fraction of sp³-hybridized carbons (Fsp3) is 0.200. The van der Waals surface area contributed by atoms with E-state index < -0.39 is 0 Å². The smallest absolute Gasteiger partial charge is 0.227 e. The largest absolute Gasteiger partial charge is 0.489 e. The van der Waals surface area contributed by atoms with Crippen molar-refractivity contribution in [2.24, 2.45) is 0 Å². The molecule has 128 valence electrons. The molecule has 3 aromatic rings. The average Bonchev–Trinajstić information content (AvgIpc) is 3.15. The Kier molecular flexibility index (Phi) is 5.46. The van der Waals surface area contributed by atoms with Crippen molar-refractivity contribution in [2.75, 3.05) is 7.05 Å². The van der Waals surface area contributed by atoms with Gasteiger partial charge in [0.25, 0.3) is 0 Å². The zero-order valence-corrected chi connectivity index (χ0v) is 14.1. The Balaban J connectivity index is 1.50. The average molecular weight is 336 g/mol. The molecule has 0 unspecified atom stereocenters. The van der Waals surface area contributed by atoms with Gasteiger partial charge in [-0.3, -0.25) is 4.79 Å². The number of benzene rings is 2. The van der Waals surface area contributed by atoms with Crippen LogP contribution in [0.3, 0.4) is 0 Å². The third-order valence-electron chi connectivity index (χ3n) is 3.81. The molecule has 1 heterocycles. The lowest BCUT2D eigenvalue weighted by Gasteiger charge is -2.15. The topological polar surface area (TPSA) is 55.6 Å². The van der Waals surface area contributed by atoms with Gasteiger partial charge < -0.3 is 14.1 Å². The van der Waals surface area contributed by atoms with Crippen molar-refractivity contribution in [3.63, 3.8) is 0 Å². The molecule has 1 aromatic heterocycles. The standard InChI is InChI=1S/C20H20N2O3/c1-22(14-19-21-11-12-24-19)20(23)13-16-7-9-18(10-8-16)25-15-17-5-3-2-4-6-17/h2-12H,13-15H2,1H3. The molecule has 0 atom stereocenters. The van der Waals surface area contributed by atoms with E-state index in [1.165, 1.54) is 6.26 Å². The third-order valence-corrected chi connectivity index (χ3v) is 3.81. The molecule has 2 aromatic carbocycles. The summed E-state index contributed by atoms with van der Waals surface area (Å²) in [7, 11) is 1.74. The Labute approximate surface area is 146 Å². The number of oxazole rings is 1. The normalized spacial score (nSPS) is 10.4.